The van der Waals surface area contributed by atoms with Crippen molar-refractivity contribution in [1.29, 1.82) is 0 Å². The predicted molar refractivity (Wildman–Crippen MR) is 130 cm³/mol. The first kappa shape index (κ1) is 21.1. The van der Waals surface area contributed by atoms with Crippen LogP contribution in [0.4, 0.5) is 0 Å². The summed E-state index contributed by atoms with van der Waals surface area (Å²) in [5.41, 5.74) is 5.18. The Morgan fingerprint density at radius 3 is 1.71 bits per heavy atom. The number of hydrogen-bond acceptors (Lipinski definition) is 5. The average molecular weight is 517 g/mol. The first-order valence-corrected chi connectivity index (χ1v) is 11.9. The zero-order valence-corrected chi connectivity index (χ0v) is 20.2. The van der Waals surface area contributed by atoms with Crippen molar-refractivity contribution in [3.63, 3.8) is 0 Å². The quantitative estimate of drug-likeness (QED) is 0.372. The topological polar surface area (TPSA) is 68.2 Å². The second kappa shape index (κ2) is 7.81. The number of carbonyl (C=O) groups excluding carboxylic acids is 2. The summed E-state index contributed by atoms with van der Waals surface area (Å²) in [4.78, 5) is 27.3. The van der Waals surface area contributed by atoms with Crippen LogP contribution in [0.15, 0.2) is 70.2 Å². The lowest BCUT2D eigenvalue weighted by Crippen LogP contribution is -2.41. The molecule has 34 heavy (non-hydrogen) atoms. The number of halogens is 1. The first-order chi connectivity index (χ1) is 16.5. The molecule has 1 fully saturated rings. The Bertz CT molecular complexity index is 1270. The van der Waals surface area contributed by atoms with Crippen molar-refractivity contribution >= 4 is 34.0 Å². The van der Waals surface area contributed by atoms with E-state index >= 15 is 0 Å². The average Bonchev–Trinajstić information content (AvgIpc) is 3.12. The highest BCUT2D eigenvalue weighted by Crippen LogP contribution is 2.60. The number of hydrazone groups is 1. The lowest BCUT2D eigenvalue weighted by Gasteiger charge is -2.45. The van der Waals surface area contributed by atoms with Crippen molar-refractivity contribution in [2.24, 2.45) is 16.9 Å². The molecule has 4 aliphatic rings. The molecule has 0 spiro atoms. The smallest absolute Gasteiger partial charge is 0.254 e. The molecule has 7 heteroatoms. The maximum atomic E-state index is 13.6. The maximum Gasteiger partial charge on any atom is 0.254 e. The Kier molecular flexibility index (Phi) is 4.85. The molecule has 3 aliphatic carbocycles. The van der Waals surface area contributed by atoms with Gasteiger partial charge >= 0.3 is 0 Å². The molecule has 1 saturated heterocycles. The summed E-state index contributed by atoms with van der Waals surface area (Å²) in [6.07, 6.45) is 1.50. The van der Waals surface area contributed by atoms with Crippen LogP contribution < -0.4 is 9.47 Å². The molecule has 0 aromatic heterocycles. The molecule has 0 saturated carbocycles. The Morgan fingerprint density at radius 1 is 0.794 bits per heavy atom. The molecule has 170 valence electrons. The van der Waals surface area contributed by atoms with Crippen molar-refractivity contribution in [3.05, 3.63) is 93.0 Å². The van der Waals surface area contributed by atoms with Crippen molar-refractivity contribution < 1.29 is 19.1 Å². The van der Waals surface area contributed by atoms with E-state index < -0.39 is 11.8 Å². The van der Waals surface area contributed by atoms with Crippen LogP contribution in [0.5, 0.6) is 11.5 Å². The van der Waals surface area contributed by atoms with Crippen LogP contribution >= 0.6 is 15.9 Å². The molecule has 2 amide bonds. The molecule has 7 rings (SSSR count). The summed E-state index contributed by atoms with van der Waals surface area (Å²) in [6, 6.07) is 19.9. The number of imide groups is 1. The van der Waals surface area contributed by atoms with E-state index in [-0.39, 0.29) is 23.7 Å². The van der Waals surface area contributed by atoms with Gasteiger partial charge in [-0.1, -0.05) is 48.5 Å². The van der Waals surface area contributed by atoms with Gasteiger partial charge in [-0.3, -0.25) is 9.59 Å². The number of amides is 2. The second-order valence-corrected chi connectivity index (χ2v) is 9.58. The highest BCUT2D eigenvalue weighted by molar-refractivity contribution is 9.10. The minimum Gasteiger partial charge on any atom is -0.496 e. The highest BCUT2D eigenvalue weighted by Gasteiger charge is 2.61. The number of nitrogens with zero attached hydrogens (tertiary/aromatic N) is 2. The second-order valence-electron chi connectivity index (χ2n) is 8.73. The van der Waals surface area contributed by atoms with E-state index in [1.54, 1.807) is 26.4 Å². The zero-order chi connectivity index (χ0) is 23.6. The molecule has 1 heterocycles. The number of rotatable bonds is 4. The van der Waals surface area contributed by atoms with E-state index in [1.807, 2.05) is 24.3 Å². The van der Waals surface area contributed by atoms with Gasteiger partial charge in [-0.25, -0.2) is 0 Å². The number of benzene rings is 3. The standard InChI is InChI=1S/C27H21BrN2O4/c1-33-20-12-21(34-2)19(28)11-14(20)13-29-30-26(31)24-22-15-7-3-4-8-16(15)23(25(24)27(30)32)18-10-6-5-9-17(18)22/h3-13,22-25H,1-2H3/b29-13-/t22?,23?,24-,25-/m0/s1. The third-order valence-corrected chi connectivity index (χ3v) is 7.86. The van der Waals surface area contributed by atoms with E-state index in [4.69, 9.17) is 9.47 Å². The van der Waals surface area contributed by atoms with Gasteiger partial charge in [-0.05, 0) is 44.3 Å². The normalized spacial score (nSPS) is 24.3. The number of methoxy groups -OCH3 is 2. The molecule has 2 atom stereocenters. The van der Waals surface area contributed by atoms with Crippen molar-refractivity contribution in [3.8, 4) is 11.5 Å². The summed E-state index contributed by atoms with van der Waals surface area (Å²) in [5.74, 6) is -0.574. The fourth-order valence-electron chi connectivity index (χ4n) is 5.88. The molecule has 3 aromatic rings. The molecular formula is C27H21BrN2O4. The molecular weight excluding hydrogens is 496 g/mol. The van der Waals surface area contributed by atoms with Crippen molar-refractivity contribution in [2.75, 3.05) is 14.2 Å². The highest BCUT2D eigenvalue weighted by atomic mass is 79.9. The van der Waals surface area contributed by atoms with Crippen molar-refractivity contribution in [2.45, 2.75) is 11.8 Å². The molecule has 1 aliphatic heterocycles. The third-order valence-electron chi connectivity index (χ3n) is 7.24. The van der Waals surface area contributed by atoms with Gasteiger partial charge in [0.25, 0.3) is 11.8 Å². The summed E-state index contributed by atoms with van der Waals surface area (Å²) in [7, 11) is 3.12. The predicted octanol–water partition coefficient (Wildman–Crippen LogP) is 4.69. The third kappa shape index (κ3) is 2.83. The van der Waals surface area contributed by atoms with Gasteiger partial charge in [0, 0.05) is 23.5 Å². The van der Waals surface area contributed by atoms with Gasteiger partial charge in [0.15, 0.2) is 0 Å². The Hall–Kier alpha value is -3.45. The minimum absolute atomic E-state index is 0.149. The van der Waals surface area contributed by atoms with Gasteiger partial charge in [-0.15, -0.1) is 0 Å². The van der Waals surface area contributed by atoms with Crippen LogP contribution in [0.1, 0.15) is 39.7 Å². The summed E-state index contributed by atoms with van der Waals surface area (Å²) >= 11 is 3.47. The minimum atomic E-state index is -0.455. The number of hydrogen-bond donors (Lipinski definition) is 0. The molecule has 0 unspecified atom stereocenters. The molecule has 2 bridgehead atoms. The van der Waals surface area contributed by atoms with Crippen molar-refractivity contribution in [1.82, 2.24) is 5.01 Å². The number of carbonyl (C=O) groups is 2. The van der Waals surface area contributed by atoms with E-state index in [9.17, 15) is 9.59 Å². The van der Waals surface area contributed by atoms with E-state index in [1.165, 1.54) is 6.21 Å². The zero-order valence-electron chi connectivity index (χ0n) is 18.6. The number of ether oxygens (including phenoxy) is 2. The Morgan fingerprint density at radius 2 is 1.26 bits per heavy atom. The van der Waals surface area contributed by atoms with E-state index in [0.717, 1.165) is 27.3 Å². The van der Waals surface area contributed by atoms with E-state index in [0.29, 0.717) is 21.5 Å². The Labute approximate surface area is 205 Å². The first-order valence-electron chi connectivity index (χ1n) is 11.1. The van der Waals surface area contributed by atoms with Crippen LogP contribution in [0.2, 0.25) is 0 Å². The fraction of sp³-hybridized carbons (Fsp3) is 0.222. The lowest BCUT2D eigenvalue weighted by atomic mass is 9.55. The van der Waals surface area contributed by atoms with Crippen LogP contribution in [0.3, 0.4) is 0 Å². The van der Waals surface area contributed by atoms with Gasteiger partial charge in [0.1, 0.15) is 11.5 Å². The molecule has 6 nitrogen and oxygen atoms in total. The SMILES string of the molecule is COc1cc(OC)c(/C=N\N2C(=O)[C@H]3C4c5ccccc5C(c5ccccc54)[C@@H]3C2=O)cc1Br. The van der Waals surface area contributed by atoms with Gasteiger partial charge in [0.2, 0.25) is 0 Å². The van der Waals surface area contributed by atoms with Crippen LogP contribution in [0, 0.1) is 11.8 Å². The van der Waals surface area contributed by atoms with Crippen LogP contribution in [-0.2, 0) is 9.59 Å². The fourth-order valence-corrected chi connectivity index (χ4v) is 6.40. The largest absolute Gasteiger partial charge is 0.496 e. The Balaban J connectivity index is 1.42. The summed E-state index contributed by atoms with van der Waals surface area (Å²) in [6.45, 7) is 0. The molecule has 0 N–H and O–H groups in total. The lowest BCUT2D eigenvalue weighted by molar-refractivity contribution is -0.139. The van der Waals surface area contributed by atoms with Gasteiger partial charge in [0.05, 0.1) is 36.7 Å². The van der Waals surface area contributed by atoms with E-state index in [2.05, 4.69) is 45.3 Å². The molecule has 0 radical (unpaired) electrons. The van der Waals surface area contributed by atoms with Crippen LogP contribution in [0.25, 0.3) is 0 Å². The van der Waals surface area contributed by atoms with Gasteiger partial charge < -0.3 is 9.47 Å². The summed E-state index contributed by atoms with van der Waals surface area (Å²) in [5, 5.41) is 5.43. The monoisotopic (exact) mass is 516 g/mol. The van der Waals surface area contributed by atoms with Gasteiger partial charge in [-0.2, -0.15) is 10.1 Å². The molecule has 3 aromatic carbocycles. The van der Waals surface area contributed by atoms with Crippen LogP contribution in [-0.4, -0.2) is 37.3 Å². The maximum absolute atomic E-state index is 13.6. The summed E-state index contributed by atoms with van der Waals surface area (Å²) < 4.78 is 11.5.